The van der Waals surface area contributed by atoms with Crippen LogP contribution in [0.15, 0.2) is 0 Å². The highest BCUT2D eigenvalue weighted by Gasteiger charge is 2.62. The predicted molar refractivity (Wildman–Crippen MR) is 37.5 cm³/mol. The zero-order valence-electron chi connectivity index (χ0n) is 6.67. The Morgan fingerprint density at radius 3 is 1.77 bits per heavy atom. The molecule has 0 saturated carbocycles. The molecule has 0 bridgehead atoms. The molecule has 80 valence electrons. The van der Waals surface area contributed by atoms with Crippen molar-refractivity contribution in [3.05, 3.63) is 0 Å². The molecule has 1 atom stereocenters. The maximum atomic E-state index is 12.0. The summed E-state index contributed by atoms with van der Waals surface area (Å²) in [4.78, 5) is -4.05. The molecule has 1 unspecified atom stereocenters. The van der Waals surface area contributed by atoms with Crippen LogP contribution in [0.25, 0.3) is 0 Å². The quantitative estimate of drug-likeness (QED) is 0.696. The van der Waals surface area contributed by atoms with E-state index in [2.05, 4.69) is 0 Å². The minimum absolute atomic E-state index is 0.226. The fourth-order valence-electron chi connectivity index (χ4n) is 0.756. The first-order chi connectivity index (χ1) is 5.56. The molecule has 0 aromatic carbocycles. The third kappa shape index (κ3) is 2.32. The summed E-state index contributed by atoms with van der Waals surface area (Å²) >= 11 is 0. The minimum Gasteiger partial charge on any atom is -0.366 e. The van der Waals surface area contributed by atoms with Crippen molar-refractivity contribution in [1.29, 1.82) is 0 Å². The second-order valence-electron chi connectivity index (χ2n) is 2.51. The maximum absolute atomic E-state index is 12.0. The van der Waals surface area contributed by atoms with Crippen molar-refractivity contribution in [2.45, 2.75) is 30.9 Å². The van der Waals surface area contributed by atoms with Crippen molar-refractivity contribution < 1.29 is 31.2 Å². The second kappa shape index (κ2) is 3.43. The average molecular weight is 222 g/mol. The normalized spacial score (nSPS) is 18.3. The van der Waals surface area contributed by atoms with Gasteiger partial charge < -0.3 is 5.11 Å². The second-order valence-corrected chi connectivity index (χ2v) is 4.13. The number of aliphatic hydroxyl groups is 1. The van der Waals surface area contributed by atoms with Gasteiger partial charge in [-0.25, -0.2) is 0 Å². The van der Waals surface area contributed by atoms with Gasteiger partial charge in [-0.1, -0.05) is 13.3 Å². The third-order valence-corrected chi connectivity index (χ3v) is 2.75. The Morgan fingerprint density at radius 1 is 1.31 bits per heavy atom. The Balaban J connectivity index is 5.22. The highest BCUT2D eigenvalue weighted by molar-refractivity contribution is 7.87. The maximum Gasteiger partial charge on any atom is 0.434 e. The summed E-state index contributed by atoms with van der Waals surface area (Å²) in [6.45, 7) is 1.25. The lowest BCUT2D eigenvalue weighted by molar-refractivity contribution is -0.227. The molecule has 0 amide bonds. The molecule has 0 fully saturated rings. The fraction of sp³-hybridized carbons (Fsp3) is 1.00. The molecule has 0 aromatic heterocycles. The Labute approximate surface area is 73.1 Å². The van der Waals surface area contributed by atoms with Gasteiger partial charge >= 0.3 is 16.3 Å². The number of hydrogen-bond acceptors (Lipinski definition) is 3. The molecule has 0 aromatic rings. The van der Waals surface area contributed by atoms with Crippen LogP contribution in [0.5, 0.6) is 0 Å². The van der Waals surface area contributed by atoms with E-state index in [1.807, 2.05) is 0 Å². The molecule has 0 radical (unpaired) electrons. The van der Waals surface area contributed by atoms with Crippen molar-refractivity contribution in [2.75, 3.05) is 0 Å². The summed E-state index contributed by atoms with van der Waals surface area (Å²) in [5.41, 5.74) is 0. The van der Waals surface area contributed by atoms with Gasteiger partial charge in [0.15, 0.2) is 0 Å². The van der Waals surface area contributed by atoms with E-state index in [-0.39, 0.29) is 6.42 Å². The third-order valence-electron chi connectivity index (χ3n) is 1.46. The van der Waals surface area contributed by atoms with E-state index in [4.69, 9.17) is 9.66 Å². The van der Waals surface area contributed by atoms with E-state index in [0.717, 1.165) is 0 Å². The largest absolute Gasteiger partial charge is 0.434 e. The molecule has 2 N–H and O–H groups in total. The van der Waals surface area contributed by atoms with Gasteiger partial charge in [-0.2, -0.15) is 21.6 Å². The van der Waals surface area contributed by atoms with Gasteiger partial charge in [0.25, 0.3) is 4.93 Å². The van der Waals surface area contributed by atoms with Crippen LogP contribution in [0.3, 0.4) is 0 Å². The molecule has 0 heterocycles. The lowest BCUT2D eigenvalue weighted by Gasteiger charge is -2.26. The van der Waals surface area contributed by atoms with E-state index in [0.29, 0.717) is 0 Å². The molecular weight excluding hydrogens is 213 g/mol. The SMILES string of the molecule is CCCC(O)(C(F)(F)F)S(=O)(=O)O. The van der Waals surface area contributed by atoms with Gasteiger partial charge in [0.05, 0.1) is 0 Å². The number of hydrogen-bond donors (Lipinski definition) is 2. The van der Waals surface area contributed by atoms with Crippen LogP contribution in [0.1, 0.15) is 19.8 Å². The zero-order valence-corrected chi connectivity index (χ0v) is 7.48. The lowest BCUT2D eigenvalue weighted by Crippen LogP contribution is -2.51. The van der Waals surface area contributed by atoms with Crippen molar-refractivity contribution in [3.63, 3.8) is 0 Å². The summed E-state index contributed by atoms with van der Waals surface area (Å²) in [7, 11) is -5.55. The first-order valence-electron chi connectivity index (χ1n) is 3.32. The van der Waals surface area contributed by atoms with E-state index in [1.165, 1.54) is 6.92 Å². The Bertz CT molecular complexity index is 270. The summed E-state index contributed by atoms with van der Waals surface area (Å²) in [6, 6.07) is 0. The first kappa shape index (κ1) is 12.7. The molecule has 0 aliphatic rings. The van der Waals surface area contributed by atoms with E-state index in [9.17, 15) is 21.6 Å². The molecule has 0 spiro atoms. The molecule has 0 saturated heterocycles. The molecule has 8 heteroatoms. The van der Waals surface area contributed by atoms with Crippen LogP contribution < -0.4 is 0 Å². The zero-order chi connectivity index (χ0) is 10.9. The van der Waals surface area contributed by atoms with E-state index in [1.54, 1.807) is 0 Å². The molecule has 4 nitrogen and oxygen atoms in total. The molecule has 0 aliphatic carbocycles. The first-order valence-corrected chi connectivity index (χ1v) is 4.76. The summed E-state index contributed by atoms with van der Waals surface area (Å²) in [5.74, 6) is 0. The number of rotatable bonds is 3. The molecular formula is C5H9F3O4S. The summed E-state index contributed by atoms with van der Waals surface area (Å²) < 4.78 is 64.8. The standard InChI is InChI=1S/C5H9F3O4S/c1-2-3-4(9,5(6,7)8)13(10,11)12/h9H,2-3H2,1H3,(H,10,11,12). The van der Waals surface area contributed by atoms with Gasteiger partial charge in [0.2, 0.25) is 0 Å². The lowest BCUT2D eigenvalue weighted by atomic mass is 10.2. The summed E-state index contributed by atoms with van der Waals surface area (Å²) in [5, 5.41) is 8.72. The smallest absolute Gasteiger partial charge is 0.366 e. The predicted octanol–water partition coefficient (Wildman–Crippen LogP) is 0.925. The van der Waals surface area contributed by atoms with Crippen LogP contribution in [0.2, 0.25) is 0 Å². The Morgan fingerprint density at radius 2 is 1.69 bits per heavy atom. The topological polar surface area (TPSA) is 74.6 Å². The number of halogens is 3. The average Bonchev–Trinajstić information content (AvgIpc) is 1.82. The Hall–Kier alpha value is -0.340. The molecule has 0 aliphatic heterocycles. The van der Waals surface area contributed by atoms with Crippen LogP contribution in [0.4, 0.5) is 13.2 Å². The number of alkyl halides is 3. The van der Waals surface area contributed by atoms with Crippen molar-refractivity contribution in [2.24, 2.45) is 0 Å². The van der Waals surface area contributed by atoms with Crippen LogP contribution >= 0.6 is 0 Å². The van der Waals surface area contributed by atoms with Gasteiger partial charge in [0, 0.05) is 6.42 Å². The van der Waals surface area contributed by atoms with E-state index >= 15 is 0 Å². The van der Waals surface area contributed by atoms with Crippen molar-refractivity contribution in [1.82, 2.24) is 0 Å². The van der Waals surface area contributed by atoms with Crippen LogP contribution in [-0.2, 0) is 10.1 Å². The monoisotopic (exact) mass is 222 g/mol. The highest BCUT2D eigenvalue weighted by Crippen LogP contribution is 2.37. The minimum atomic E-state index is -5.55. The van der Waals surface area contributed by atoms with Crippen LogP contribution in [-0.4, -0.2) is 29.2 Å². The van der Waals surface area contributed by atoms with Crippen LogP contribution in [0, 0.1) is 0 Å². The molecule has 13 heavy (non-hydrogen) atoms. The molecule has 0 rings (SSSR count). The highest BCUT2D eigenvalue weighted by atomic mass is 32.2. The van der Waals surface area contributed by atoms with Gasteiger partial charge in [0.1, 0.15) is 0 Å². The Kier molecular flexibility index (Phi) is 3.34. The van der Waals surface area contributed by atoms with Gasteiger partial charge in [-0.05, 0) is 0 Å². The fourth-order valence-corrected chi connectivity index (χ4v) is 1.51. The van der Waals surface area contributed by atoms with Crippen molar-refractivity contribution >= 4 is 10.1 Å². The van der Waals surface area contributed by atoms with Gasteiger partial charge in [-0.3, -0.25) is 4.55 Å². The van der Waals surface area contributed by atoms with Gasteiger partial charge in [-0.15, -0.1) is 0 Å². The van der Waals surface area contributed by atoms with Crippen molar-refractivity contribution in [3.8, 4) is 0 Å². The summed E-state index contributed by atoms with van der Waals surface area (Å²) in [6.07, 6.45) is -6.71. The van der Waals surface area contributed by atoms with E-state index < -0.39 is 27.6 Å².